The van der Waals surface area contributed by atoms with E-state index in [-0.39, 0.29) is 17.1 Å². The monoisotopic (exact) mass is 481 g/mol. The van der Waals surface area contributed by atoms with E-state index in [1.54, 1.807) is 36.4 Å². The van der Waals surface area contributed by atoms with Crippen LogP contribution in [0.5, 0.6) is 0 Å². The predicted octanol–water partition coefficient (Wildman–Crippen LogP) is 3.39. The molecule has 0 radical (unpaired) electrons. The van der Waals surface area contributed by atoms with Crippen LogP contribution in [0.3, 0.4) is 0 Å². The third kappa shape index (κ3) is 4.13. The number of benzene rings is 2. The number of pyridine rings is 1. The first-order valence-electron chi connectivity index (χ1n) is 9.66. The summed E-state index contributed by atoms with van der Waals surface area (Å²) in [6.07, 6.45) is 4.94. The first-order chi connectivity index (χ1) is 16.1. The number of nitro benzene ring substituents is 1. The second kappa shape index (κ2) is 8.48. The fraction of sp³-hybridized carbons (Fsp3) is 0.0455. The molecular formula is C22H16FN5O5S. The van der Waals surface area contributed by atoms with E-state index in [2.05, 4.69) is 10.1 Å². The van der Waals surface area contributed by atoms with Crippen molar-refractivity contribution in [2.75, 3.05) is 5.73 Å². The number of hydrogen-bond donors (Lipinski definition) is 1. The minimum Gasteiger partial charge on any atom is -0.383 e. The smallest absolute Gasteiger partial charge is 0.284 e. The summed E-state index contributed by atoms with van der Waals surface area (Å²) >= 11 is 0. The summed E-state index contributed by atoms with van der Waals surface area (Å²) in [5.41, 5.74) is 7.07. The maximum absolute atomic E-state index is 14.9. The molecule has 0 atom stereocenters. The van der Waals surface area contributed by atoms with Crippen LogP contribution in [0.2, 0.25) is 0 Å². The van der Waals surface area contributed by atoms with Gasteiger partial charge in [-0.25, -0.2) is 17.8 Å². The predicted molar refractivity (Wildman–Crippen MR) is 121 cm³/mol. The summed E-state index contributed by atoms with van der Waals surface area (Å²) in [4.78, 5) is 26.4. The van der Waals surface area contributed by atoms with Crippen molar-refractivity contribution in [3.63, 3.8) is 0 Å². The van der Waals surface area contributed by atoms with Gasteiger partial charge < -0.3 is 5.73 Å². The standard InChI is InChI=1S/C22H16FN5O5S/c1-27-12-15(11-26-27)14-8-19(21(24)25-10-14)13-2-7-18(20(23)9-13)22(29)34(32,33)17-5-3-16(4-6-17)28(30)31/h2-12H,1H3,(H2,24,25). The quantitative estimate of drug-likeness (QED) is 0.336. The molecule has 12 heteroatoms. The van der Waals surface area contributed by atoms with Crippen molar-refractivity contribution in [1.82, 2.24) is 14.8 Å². The molecule has 2 N–H and O–H groups in total. The summed E-state index contributed by atoms with van der Waals surface area (Å²) < 4.78 is 41.8. The number of nitrogens with two attached hydrogens (primary N) is 1. The Kier molecular flexibility index (Phi) is 5.67. The van der Waals surface area contributed by atoms with Gasteiger partial charge in [-0.15, -0.1) is 0 Å². The third-order valence-electron chi connectivity index (χ3n) is 5.06. The molecule has 0 fully saturated rings. The van der Waals surface area contributed by atoms with E-state index in [0.29, 0.717) is 11.1 Å². The SMILES string of the molecule is Cn1cc(-c2cnc(N)c(-c3ccc(C(=O)S(=O)(=O)c4ccc([N+](=O)[O-])cc4)c(F)c3)c2)cn1. The Hall–Kier alpha value is -4.45. The van der Waals surface area contributed by atoms with Gasteiger partial charge in [0, 0.05) is 48.3 Å². The molecule has 0 aliphatic carbocycles. The minimum absolute atomic E-state index is 0.115. The Labute approximate surface area is 192 Å². The number of sulfone groups is 1. The minimum atomic E-state index is -4.63. The topological polar surface area (TPSA) is 151 Å². The molecule has 0 unspecified atom stereocenters. The van der Waals surface area contributed by atoms with Gasteiger partial charge in [0.25, 0.3) is 10.8 Å². The lowest BCUT2D eigenvalue weighted by atomic mass is 10.0. The third-order valence-corrected chi connectivity index (χ3v) is 6.66. The van der Waals surface area contributed by atoms with Crippen LogP contribution in [0.1, 0.15) is 10.4 Å². The molecule has 0 aliphatic rings. The number of nitrogen functional groups attached to an aromatic ring is 1. The molecule has 0 saturated carbocycles. The summed E-state index contributed by atoms with van der Waals surface area (Å²) in [6, 6.07) is 8.84. The molecule has 0 spiro atoms. The molecule has 0 bridgehead atoms. The molecule has 34 heavy (non-hydrogen) atoms. The number of rotatable bonds is 5. The second-order valence-corrected chi connectivity index (χ2v) is 9.15. The average Bonchev–Trinajstić information content (AvgIpc) is 3.25. The van der Waals surface area contributed by atoms with Gasteiger partial charge in [-0.05, 0) is 35.9 Å². The van der Waals surface area contributed by atoms with Crippen LogP contribution in [0, 0.1) is 15.9 Å². The van der Waals surface area contributed by atoms with Gasteiger partial charge >= 0.3 is 0 Å². The van der Waals surface area contributed by atoms with E-state index < -0.39 is 36.2 Å². The normalized spacial score (nSPS) is 11.4. The Balaban J connectivity index is 1.68. The van der Waals surface area contributed by atoms with Gasteiger partial charge in [-0.1, -0.05) is 6.07 Å². The van der Waals surface area contributed by atoms with E-state index >= 15 is 0 Å². The van der Waals surface area contributed by atoms with Gasteiger partial charge in [-0.3, -0.25) is 19.6 Å². The van der Waals surface area contributed by atoms with Crippen LogP contribution in [-0.4, -0.2) is 33.2 Å². The molecule has 2 aromatic carbocycles. The lowest BCUT2D eigenvalue weighted by Crippen LogP contribution is -2.17. The highest BCUT2D eigenvalue weighted by molar-refractivity contribution is 8.06. The molecule has 10 nitrogen and oxygen atoms in total. The van der Waals surface area contributed by atoms with Crippen molar-refractivity contribution in [2.45, 2.75) is 4.90 Å². The number of carbonyl (C=O) groups excluding carboxylic acids is 1. The molecule has 2 aromatic heterocycles. The van der Waals surface area contributed by atoms with Crippen molar-refractivity contribution < 1.29 is 22.5 Å². The summed E-state index contributed by atoms with van der Waals surface area (Å²) in [6.45, 7) is 0. The van der Waals surface area contributed by atoms with Gasteiger partial charge in [0.15, 0.2) is 0 Å². The largest absolute Gasteiger partial charge is 0.383 e. The van der Waals surface area contributed by atoms with Crippen molar-refractivity contribution in [1.29, 1.82) is 0 Å². The molecule has 0 saturated heterocycles. The number of nitro groups is 1. The van der Waals surface area contributed by atoms with Crippen LogP contribution >= 0.6 is 0 Å². The van der Waals surface area contributed by atoms with Crippen LogP contribution in [-0.2, 0) is 16.9 Å². The van der Waals surface area contributed by atoms with Gasteiger partial charge in [0.2, 0.25) is 9.84 Å². The number of nitrogens with zero attached hydrogens (tertiary/aromatic N) is 4. The first-order valence-corrected chi connectivity index (χ1v) is 11.1. The number of anilines is 1. The van der Waals surface area contributed by atoms with Crippen molar-refractivity contribution in [2.24, 2.45) is 7.05 Å². The Morgan fingerprint density at radius 1 is 1.06 bits per heavy atom. The van der Waals surface area contributed by atoms with Crippen molar-refractivity contribution >= 4 is 26.5 Å². The summed E-state index contributed by atoms with van der Waals surface area (Å²) in [5.74, 6) is -0.955. The van der Waals surface area contributed by atoms with Crippen LogP contribution < -0.4 is 5.73 Å². The number of aryl methyl sites for hydroxylation is 1. The highest BCUT2D eigenvalue weighted by Gasteiger charge is 2.29. The van der Waals surface area contributed by atoms with Crippen molar-refractivity contribution in [3.05, 3.63) is 88.6 Å². The van der Waals surface area contributed by atoms with Crippen LogP contribution in [0.25, 0.3) is 22.3 Å². The molecule has 0 amide bonds. The Morgan fingerprint density at radius 2 is 1.76 bits per heavy atom. The number of carbonyl (C=O) groups is 1. The number of aromatic nitrogens is 3. The van der Waals surface area contributed by atoms with E-state index in [1.807, 2.05) is 0 Å². The number of hydrogen-bond acceptors (Lipinski definition) is 8. The van der Waals surface area contributed by atoms with E-state index in [0.717, 1.165) is 42.0 Å². The van der Waals surface area contributed by atoms with Gasteiger partial charge in [-0.2, -0.15) is 5.10 Å². The van der Waals surface area contributed by atoms with E-state index in [4.69, 9.17) is 5.73 Å². The molecule has 0 aliphatic heterocycles. The zero-order valence-corrected chi connectivity index (χ0v) is 18.4. The lowest BCUT2D eigenvalue weighted by Gasteiger charge is -2.10. The number of halogens is 1. The maximum atomic E-state index is 14.9. The zero-order chi connectivity index (χ0) is 24.6. The average molecular weight is 481 g/mol. The highest BCUT2D eigenvalue weighted by Crippen LogP contribution is 2.31. The molecule has 4 rings (SSSR count). The van der Waals surface area contributed by atoms with Crippen LogP contribution in [0.4, 0.5) is 15.9 Å². The molecule has 2 heterocycles. The van der Waals surface area contributed by atoms with Gasteiger partial charge in [0.05, 0.1) is 21.6 Å². The van der Waals surface area contributed by atoms with Gasteiger partial charge in [0.1, 0.15) is 11.6 Å². The van der Waals surface area contributed by atoms with E-state index in [1.165, 1.54) is 6.07 Å². The van der Waals surface area contributed by atoms with Crippen LogP contribution in [0.15, 0.2) is 72.0 Å². The number of non-ortho nitro benzene ring substituents is 1. The highest BCUT2D eigenvalue weighted by atomic mass is 32.2. The Bertz CT molecular complexity index is 1550. The molecular weight excluding hydrogens is 465 g/mol. The Morgan fingerprint density at radius 3 is 2.35 bits per heavy atom. The molecule has 4 aromatic rings. The fourth-order valence-electron chi connectivity index (χ4n) is 3.28. The summed E-state index contributed by atoms with van der Waals surface area (Å²) in [7, 11) is -2.88. The molecule has 172 valence electrons. The first kappa shape index (κ1) is 22.7. The zero-order valence-electron chi connectivity index (χ0n) is 17.5. The second-order valence-electron chi connectivity index (χ2n) is 7.30. The summed E-state index contributed by atoms with van der Waals surface area (Å²) in [5, 5.41) is 13.4. The fourth-order valence-corrected chi connectivity index (χ4v) is 4.45. The van der Waals surface area contributed by atoms with Crippen molar-refractivity contribution in [3.8, 4) is 22.3 Å². The lowest BCUT2D eigenvalue weighted by molar-refractivity contribution is -0.384. The van der Waals surface area contributed by atoms with E-state index in [9.17, 15) is 27.7 Å². The maximum Gasteiger partial charge on any atom is 0.284 e.